The largest absolute Gasteiger partial charge is 0.481 e. The van der Waals surface area contributed by atoms with E-state index in [2.05, 4.69) is 0 Å². The number of aromatic nitrogens is 2. The maximum absolute atomic E-state index is 12.5. The Bertz CT molecular complexity index is 1530. The van der Waals surface area contributed by atoms with Crippen LogP contribution in [0.3, 0.4) is 0 Å². The van der Waals surface area contributed by atoms with Gasteiger partial charge in [-0.15, -0.1) is 0 Å². The number of nitrogens with zero attached hydrogens (tertiary/aromatic N) is 2. The van der Waals surface area contributed by atoms with Gasteiger partial charge in [-0.2, -0.15) is 0 Å². The second kappa shape index (κ2) is 12.4. The van der Waals surface area contributed by atoms with Gasteiger partial charge in [0.2, 0.25) is 11.6 Å². The topological polar surface area (TPSA) is 119 Å². The molecule has 2 aromatic heterocycles. The first-order valence-corrected chi connectivity index (χ1v) is 12.4. The Balaban J connectivity index is 0.000000216. The van der Waals surface area contributed by atoms with E-state index >= 15 is 0 Å². The summed E-state index contributed by atoms with van der Waals surface area (Å²) in [7, 11) is 3.41. The van der Waals surface area contributed by atoms with Crippen LogP contribution in [-0.2, 0) is 36.5 Å². The van der Waals surface area contributed by atoms with E-state index in [0.717, 1.165) is 11.1 Å². The van der Waals surface area contributed by atoms with Gasteiger partial charge in [-0.05, 0) is 61.9 Å². The van der Waals surface area contributed by atoms with Gasteiger partial charge in [0.25, 0.3) is 0 Å². The minimum Gasteiger partial charge on any atom is -0.481 e. The van der Waals surface area contributed by atoms with Gasteiger partial charge in [-0.3, -0.25) is 19.2 Å². The number of benzene rings is 2. The maximum Gasteiger partial charge on any atom is 0.309 e. The molecule has 0 aliphatic heterocycles. The van der Waals surface area contributed by atoms with Gasteiger partial charge in [-0.1, -0.05) is 41.4 Å². The zero-order chi connectivity index (χ0) is 28.9. The average molecular weight is 549 g/mol. The van der Waals surface area contributed by atoms with Gasteiger partial charge in [0.05, 0.1) is 24.2 Å². The second-order valence-electron chi connectivity index (χ2n) is 9.17. The highest BCUT2D eigenvalue weighted by atomic mass is 35.5. The molecule has 4 rings (SSSR count). The standard InChI is InChI=1S/C15H14ClNO3.C15H15NO3/c1-9-7-12(8-13(18)19)17(2)14(9)15(20)10-3-5-11(16)6-4-10;1-10-3-5-11(6-4-10)15(19)13-8-7-12(16(13)2)9-14(17)18/h3-7H,8H2,1-2H3,(H,18,19);3-8H,9H2,1-2H3,(H,17,18). The summed E-state index contributed by atoms with van der Waals surface area (Å²) < 4.78 is 3.27. The van der Waals surface area contributed by atoms with Crippen molar-refractivity contribution in [2.45, 2.75) is 26.7 Å². The van der Waals surface area contributed by atoms with Crippen molar-refractivity contribution in [2.75, 3.05) is 0 Å². The lowest BCUT2D eigenvalue weighted by molar-refractivity contribution is -0.137. The third kappa shape index (κ3) is 7.12. The first kappa shape index (κ1) is 29.1. The number of carboxylic acids is 2. The fourth-order valence-electron chi connectivity index (χ4n) is 4.18. The van der Waals surface area contributed by atoms with Crippen LogP contribution in [0, 0.1) is 13.8 Å². The van der Waals surface area contributed by atoms with E-state index in [0.29, 0.717) is 38.9 Å². The van der Waals surface area contributed by atoms with Gasteiger partial charge < -0.3 is 19.3 Å². The van der Waals surface area contributed by atoms with Gasteiger partial charge in [0.15, 0.2) is 0 Å². The molecule has 0 unspecified atom stereocenters. The number of halogens is 1. The summed E-state index contributed by atoms with van der Waals surface area (Å²) in [6, 6.07) is 19.0. The molecule has 39 heavy (non-hydrogen) atoms. The van der Waals surface area contributed by atoms with Crippen LogP contribution in [0.2, 0.25) is 5.02 Å². The van der Waals surface area contributed by atoms with Gasteiger partial charge >= 0.3 is 11.9 Å². The molecule has 8 nitrogen and oxygen atoms in total. The highest BCUT2D eigenvalue weighted by Crippen LogP contribution is 2.20. The van der Waals surface area contributed by atoms with Crippen LogP contribution in [0.15, 0.2) is 66.7 Å². The fourth-order valence-corrected chi connectivity index (χ4v) is 4.31. The molecule has 2 aromatic carbocycles. The molecular weight excluding hydrogens is 520 g/mol. The van der Waals surface area contributed by atoms with E-state index < -0.39 is 11.9 Å². The summed E-state index contributed by atoms with van der Waals surface area (Å²) in [5.41, 5.74) is 5.21. The van der Waals surface area contributed by atoms with E-state index in [1.165, 1.54) is 0 Å². The summed E-state index contributed by atoms with van der Waals surface area (Å²) >= 11 is 5.80. The summed E-state index contributed by atoms with van der Waals surface area (Å²) in [6.45, 7) is 3.76. The highest BCUT2D eigenvalue weighted by Gasteiger charge is 2.19. The molecule has 0 fully saturated rings. The second-order valence-corrected chi connectivity index (χ2v) is 9.60. The number of hydrogen-bond donors (Lipinski definition) is 2. The molecular formula is C30H29ClN2O6. The Morgan fingerprint density at radius 2 is 1.21 bits per heavy atom. The number of aliphatic carboxylic acids is 2. The molecule has 202 valence electrons. The lowest BCUT2D eigenvalue weighted by Gasteiger charge is -2.07. The van der Waals surface area contributed by atoms with E-state index in [1.807, 2.05) is 19.1 Å². The molecule has 0 aliphatic rings. The lowest BCUT2D eigenvalue weighted by Crippen LogP contribution is -2.12. The number of aryl methyl sites for hydroxylation is 2. The Hall–Kier alpha value is -4.43. The quantitative estimate of drug-likeness (QED) is 0.298. The van der Waals surface area contributed by atoms with Crippen molar-refractivity contribution in [3.63, 3.8) is 0 Å². The monoisotopic (exact) mass is 548 g/mol. The summed E-state index contributed by atoms with van der Waals surface area (Å²) in [5, 5.41) is 18.2. The molecule has 0 saturated carbocycles. The normalized spacial score (nSPS) is 10.5. The van der Waals surface area contributed by atoms with E-state index in [4.69, 9.17) is 21.8 Å². The van der Waals surface area contributed by atoms with Crippen LogP contribution >= 0.6 is 11.6 Å². The molecule has 2 heterocycles. The summed E-state index contributed by atoms with van der Waals surface area (Å²) in [6.07, 6.45) is -0.192. The number of carbonyl (C=O) groups is 4. The molecule has 0 radical (unpaired) electrons. The smallest absolute Gasteiger partial charge is 0.309 e. The first-order chi connectivity index (χ1) is 18.4. The molecule has 0 atom stereocenters. The van der Waals surface area contributed by atoms with E-state index in [1.54, 1.807) is 84.8 Å². The SMILES string of the molecule is Cc1cc(CC(=O)O)n(C)c1C(=O)c1ccc(Cl)cc1.Cc1ccc(C(=O)c2ccc(CC(=O)O)n2C)cc1. The number of ketones is 2. The van der Waals surface area contributed by atoms with Crippen LogP contribution in [-0.4, -0.2) is 42.9 Å². The molecule has 4 aromatic rings. The first-order valence-electron chi connectivity index (χ1n) is 12.0. The van der Waals surface area contributed by atoms with Crippen molar-refractivity contribution < 1.29 is 29.4 Å². The predicted molar refractivity (Wildman–Crippen MR) is 148 cm³/mol. The Morgan fingerprint density at radius 1 is 0.692 bits per heavy atom. The number of hydrogen-bond acceptors (Lipinski definition) is 4. The van der Waals surface area contributed by atoms with E-state index in [9.17, 15) is 19.2 Å². The van der Waals surface area contributed by atoms with Crippen molar-refractivity contribution in [3.05, 3.63) is 117 Å². The Kier molecular flexibility index (Phi) is 9.27. The summed E-state index contributed by atoms with van der Waals surface area (Å²) in [4.78, 5) is 46.3. The highest BCUT2D eigenvalue weighted by molar-refractivity contribution is 6.30. The van der Waals surface area contributed by atoms with Crippen molar-refractivity contribution >= 4 is 35.1 Å². The van der Waals surface area contributed by atoms with Gasteiger partial charge in [0, 0.05) is 41.6 Å². The Morgan fingerprint density at radius 3 is 1.77 bits per heavy atom. The zero-order valence-corrected chi connectivity index (χ0v) is 22.8. The van der Waals surface area contributed by atoms with Gasteiger partial charge in [-0.25, -0.2) is 0 Å². The van der Waals surface area contributed by atoms with Gasteiger partial charge in [0.1, 0.15) is 0 Å². The lowest BCUT2D eigenvalue weighted by atomic mass is 10.1. The molecule has 0 spiro atoms. The summed E-state index contributed by atoms with van der Waals surface area (Å²) in [5.74, 6) is -2.07. The minimum atomic E-state index is -0.920. The van der Waals surface area contributed by atoms with Crippen LogP contribution in [0.25, 0.3) is 0 Å². The van der Waals surface area contributed by atoms with Crippen LogP contribution in [0.4, 0.5) is 0 Å². The maximum atomic E-state index is 12.5. The van der Waals surface area contributed by atoms with Crippen LogP contribution in [0.1, 0.15) is 54.6 Å². The number of rotatable bonds is 8. The minimum absolute atomic E-state index is 0.0856. The average Bonchev–Trinajstić information content (AvgIpc) is 3.36. The molecule has 0 saturated heterocycles. The third-order valence-corrected chi connectivity index (χ3v) is 6.53. The zero-order valence-electron chi connectivity index (χ0n) is 22.1. The van der Waals surface area contributed by atoms with Crippen molar-refractivity contribution in [3.8, 4) is 0 Å². The van der Waals surface area contributed by atoms with Crippen LogP contribution in [0.5, 0.6) is 0 Å². The van der Waals surface area contributed by atoms with Crippen molar-refractivity contribution in [1.29, 1.82) is 0 Å². The Labute approximate surface area is 231 Å². The molecule has 0 bridgehead atoms. The molecule has 9 heteroatoms. The van der Waals surface area contributed by atoms with E-state index in [-0.39, 0.29) is 24.4 Å². The fraction of sp³-hybridized carbons (Fsp3) is 0.200. The van der Waals surface area contributed by atoms with Crippen LogP contribution < -0.4 is 0 Å². The number of carbonyl (C=O) groups excluding carboxylic acids is 2. The predicted octanol–water partition coefficient (Wildman–Crippen LogP) is 5.04. The molecule has 0 aliphatic carbocycles. The molecule has 2 N–H and O–H groups in total. The molecule has 0 amide bonds. The van der Waals surface area contributed by atoms with Crippen molar-refractivity contribution in [1.82, 2.24) is 9.13 Å². The van der Waals surface area contributed by atoms with Crippen molar-refractivity contribution in [2.24, 2.45) is 14.1 Å². The number of carboxylic acid groups (broad SMARTS) is 2. The third-order valence-electron chi connectivity index (χ3n) is 6.28.